The van der Waals surface area contributed by atoms with Crippen LogP contribution in [0.1, 0.15) is 29.2 Å². The molecule has 0 aromatic heterocycles. The lowest BCUT2D eigenvalue weighted by atomic mass is 10.0. The maximum Gasteiger partial charge on any atom is 0.234 e. The Labute approximate surface area is 162 Å². The second-order valence-electron chi connectivity index (χ2n) is 6.93. The summed E-state index contributed by atoms with van der Waals surface area (Å²) in [7, 11) is 0. The summed E-state index contributed by atoms with van der Waals surface area (Å²) in [4.78, 5) is 17.2. The number of nitrogens with one attached hydrogen (secondary N) is 2. The summed E-state index contributed by atoms with van der Waals surface area (Å²) in [6.07, 6.45) is 7.51. The van der Waals surface area contributed by atoms with Crippen molar-refractivity contribution in [3.05, 3.63) is 71.4 Å². The van der Waals surface area contributed by atoms with Crippen LogP contribution in [0.2, 0.25) is 0 Å². The van der Waals surface area contributed by atoms with Gasteiger partial charge in [-0.15, -0.1) is 0 Å². The van der Waals surface area contributed by atoms with E-state index in [1.165, 1.54) is 34.9 Å². The van der Waals surface area contributed by atoms with Gasteiger partial charge in [0.25, 0.3) is 0 Å². The summed E-state index contributed by atoms with van der Waals surface area (Å²) >= 11 is 1.45. The lowest BCUT2D eigenvalue weighted by Crippen LogP contribution is -2.39. The Hall–Kier alpha value is -2.73. The topological polar surface area (TPSA) is 56.7 Å². The van der Waals surface area contributed by atoms with Gasteiger partial charge in [0.15, 0.2) is 5.17 Å². The lowest BCUT2D eigenvalue weighted by Gasteiger charge is -2.31. The van der Waals surface area contributed by atoms with E-state index in [2.05, 4.69) is 35.0 Å². The molecule has 0 fully saturated rings. The number of rotatable bonds is 3. The van der Waals surface area contributed by atoms with Crippen LogP contribution in [-0.2, 0) is 17.6 Å². The van der Waals surface area contributed by atoms with Crippen molar-refractivity contribution in [2.45, 2.75) is 25.3 Å². The predicted octanol–water partition coefficient (Wildman–Crippen LogP) is 3.92. The van der Waals surface area contributed by atoms with Gasteiger partial charge in [-0.3, -0.25) is 9.80 Å². The second-order valence-corrected chi connectivity index (χ2v) is 7.87. The Morgan fingerprint density at radius 1 is 1.22 bits per heavy atom. The maximum absolute atomic E-state index is 12.5. The van der Waals surface area contributed by atoms with Crippen LogP contribution in [0.4, 0.5) is 11.4 Å². The zero-order valence-electron chi connectivity index (χ0n) is 14.8. The highest BCUT2D eigenvalue weighted by molar-refractivity contribution is 8.14. The fourth-order valence-corrected chi connectivity index (χ4v) is 4.67. The SMILES string of the molecule is O=C(CSC1=Nc2ccccc2[C@H]2C=CNN12)Nc1ccc2c(c1)CCC2. The summed E-state index contributed by atoms with van der Waals surface area (Å²) in [6.45, 7) is 0. The number of aliphatic imine (C=N–C) groups is 1. The minimum absolute atomic E-state index is 0.0109. The second kappa shape index (κ2) is 6.78. The number of para-hydroxylation sites is 1. The number of fused-ring (bicyclic) bond motifs is 4. The van der Waals surface area contributed by atoms with E-state index in [1.54, 1.807) is 0 Å². The largest absolute Gasteiger partial charge is 0.325 e. The molecular formula is C21H20N4OS. The fourth-order valence-electron chi connectivity index (χ4n) is 3.87. The number of hydrogen-bond acceptors (Lipinski definition) is 5. The monoisotopic (exact) mass is 376 g/mol. The van der Waals surface area contributed by atoms with Gasteiger partial charge in [-0.2, -0.15) is 0 Å². The van der Waals surface area contributed by atoms with E-state index in [9.17, 15) is 4.79 Å². The van der Waals surface area contributed by atoms with Crippen molar-refractivity contribution in [1.82, 2.24) is 10.4 Å². The molecule has 27 heavy (non-hydrogen) atoms. The molecule has 136 valence electrons. The van der Waals surface area contributed by atoms with E-state index in [0.717, 1.165) is 29.4 Å². The number of hydrogen-bond donors (Lipinski definition) is 2. The summed E-state index contributed by atoms with van der Waals surface area (Å²) in [6, 6.07) is 14.5. The molecule has 1 amide bonds. The van der Waals surface area contributed by atoms with Crippen molar-refractivity contribution in [2.24, 2.45) is 4.99 Å². The molecule has 2 heterocycles. The quantitative estimate of drug-likeness (QED) is 0.852. The van der Waals surface area contributed by atoms with Crippen molar-refractivity contribution < 1.29 is 4.79 Å². The first kappa shape index (κ1) is 16.4. The molecule has 0 saturated heterocycles. The normalized spacial score (nSPS) is 19.0. The van der Waals surface area contributed by atoms with Crippen LogP contribution in [0.15, 0.2) is 59.7 Å². The molecule has 5 rings (SSSR count). The first-order valence-electron chi connectivity index (χ1n) is 9.22. The van der Waals surface area contributed by atoms with E-state index in [-0.39, 0.29) is 11.9 Å². The molecule has 5 nitrogen and oxygen atoms in total. The van der Waals surface area contributed by atoms with Crippen molar-refractivity contribution in [1.29, 1.82) is 0 Å². The minimum Gasteiger partial charge on any atom is -0.325 e. The molecule has 2 aliphatic heterocycles. The minimum atomic E-state index is -0.0109. The highest BCUT2D eigenvalue weighted by Gasteiger charge is 2.31. The van der Waals surface area contributed by atoms with E-state index in [0.29, 0.717) is 5.75 Å². The van der Waals surface area contributed by atoms with Gasteiger partial charge < -0.3 is 10.7 Å². The third-order valence-corrected chi connectivity index (χ3v) is 6.12. The van der Waals surface area contributed by atoms with Crippen molar-refractivity contribution in [3.8, 4) is 0 Å². The molecule has 1 atom stereocenters. The van der Waals surface area contributed by atoms with Gasteiger partial charge in [-0.1, -0.05) is 36.0 Å². The van der Waals surface area contributed by atoms with Crippen LogP contribution in [0, 0.1) is 0 Å². The summed E-state index contributed by atoms with van der Waals surface area (Å²) in [5.41, 5.74) is 9.02. The van der Waals surface area contributed by atoms with Crippen molar-refractivity contribution in [3.63, 3.8) is 0 Å². The van der Waals surface area contributed by atoms with Gasteiger partial charge in [-0.25, -0.2) is 4.99 Å². The Morgan fingerprint density at radius 3 is 3.07 bits per heavy atom. The molecule has 6 heteroatoms. The smallest absolute Gasteiger partial charge is 0.234 e. The Balaban J connectivity index is 1.27. The van der Waals surface area contributed by atoms with Crippen LogP contribution in [0.3, 0.4) is 0 Å². The number of amides is 1. The molecule has 0 unspecified atom stereocenters. The molecular weight excluding hydrogens is 356 g/mol. The summed E-state index contributed by atoms with van der Waals surface area (Å²) in [5.74, 6) is 0.311. The molecule has 2 aromatic carbocycles. The number of aryl methyl sites for hydroxylation is 2. The van der Waals surface area contributed by atoms with E-state index < -0.39 is 0 Å². The molecule has 0 radical (unpaired) electrons. The zero-order valence-corrected chi connectivity index (χ0v) is 15.6. The third kappa shape index (κ3) is 3.10. The van der Waals surface area contributed by atoms with Crippen molar-refractivity contribution >= 4 is 34.2 Å². The number of amidine groups is 1. The molecule has 2 N–H and O–H groups in total. The maximum atomic E-state index is 12.5. The lowest BCUT2D eigenvalue weighted by molar-refractivity contribution is -0.113. The number of hydrazine groups is 1. The zero-order chi connectivity index (χ0) is 18.2. The standard InChI is InChI=1S/C21H20N4OS/c26-20(23-16-9-8-14-4-3-5-15(14)12-16)13-27-21-24-18-7-2-1-6-17(18)19-10-11-22-25(19)21/h1-2,6-12,19,22H,3-5,13H2,(H,23,26)/t19-/m1/s1. The Bertz CT molecular complexity index is 968. The van der Waals surface area contributed by atoms with E-state index in [1.807, 2.05) is 35.5 Å². The molecule has 0 bridgehead atoms. The Kier molecular flexibility index (Phi) is 4.13. The number of thioether (sulfide) groups is 1. The van der Waals surface area contributed by atoms with Gasteiger partial charge in [-0.05, 0) is 54.7 Å². The van der Waals surface area contributed by atoms with Gasteiger partial charge in [0, 0.05) is 17.5 Å². The highest BCUT2D eigenvalue weighted by Crippen LogP contribution is 2.38. The number of carbonyl (C=O) groups is 1. The van der Waals surface area contributed by atoms with Crippen LogP contribution in [-0.4, -0.2) is 21.8 Å². The van der Waals surface area contributed by atoms with Crippen LogP contribution >= 0.6 is 11.8 Å². The van der Waals surface area contributed by atoms with Gasteiger partial charge >= 0.3 is 0 Å². The first-order valence-corrected chi connectivity index (χ1v) is 10.2. The van der Waals surface area contributed by atoms with E-state index in [4.69, 9.17) is 4.99 Å². The van der Waals surface area contributed by atoms with Gasteiger partial charge in [0.1, 0.15) is 0 Å². The average molecular weight is 376 g/mol. The van der Waals surface area contributed by atoms with Crippen molar-refractivity contribution in [2.75, 3.05) is 11.1 Å². The number of anilines is 1. The summed E-state index contributed by atoms with van der Waals surface area (Å²) in [5, 5.41) is 5.84. The number of carbonyl (C=O) groups excluding carboxylic acids is 1. The predicted molar refractivity (Wildman–Crippen MR) is 110 cm³/mol. The molecule has 3 aliphatic rings. The molecule has 1 aliphatic carbocycles. The summed E-state index contributed by atoms with van der Waals surface area (Å²) < 4.78 is 0. The first-order chi connectivity index (χ1) is 13.3. The van der Waals surface area contributed by atoms with Crippen LogP contribution in [0.5, 0.6) is 0 Å². The third-order valence-electron chi connectivity index (χ3n) is 5.16. The van der Waals surface area contributed by atoms with Crippen LogP contribution < -0.4 is 10.7 Å². The Morgan fingerprint density at radius 2 is 2.11 bits per heavy atom. The van der Waals surface area contributed by atoms with Gasteiger partial charge in [0.2, 0.25) is 5.91 Å². The molecule has 0 spiro atoms. The van der Waals surface area contributed by atoms with Crippen LogP contribution in [0.25, 0.3) is 0 Å². The fraction of sp³-hybridized carbons (Fsp3) is 0.238. The highest BCUT2D eigenvalue weighted by atomic mass is 32.2. The molecule has 0 saturated carbocycles. The average Bonchev–Trinajstić information content (AvgIpc) is 3.35. The molecule has 2 aromatic rings. The van der Waals surface area contributed by atoms with E-state index >= 15 is 0 Å². The number of nitrogens with zero attached hydrogens (tertiary/aromatic N) is 2. The van der Waals surface area contributed by atoms with Gasteiger partial charge in [0.05, 0.1) is 17.5 Å². The number of benzene rings is 2.